The zero-order valence-corrected chi connectivity index (χ0v) is 12.9. The van der Waals surface area contributed by atoms with Crippen LogP contribution < -0.4 is 10.6 Å². The fraction of sp³-hybridized carbons (Fsp3) is 0.941. The van der Waals surface area contributed by atoms with Crippen molar-refractivity contribution < 1.29 is 4.79 Å². The lowest BCUT2D eigenvalue weighted by Gasteiger charge is -2.56. The SMILES string of the molecule is CCNCCCNC(=O)CC12CC3CC(CC(C3)C1)C2. The number of hydrogen-bond donors (Lipinski definition) is 2. The van der Waals surface area contributed by atoms with Crippen LogP contribution in [-0.2, 0) is 4.79 Å². The molecule has 4 aliphatic carbocycles. The number of nitrogens with one attached hydrogen (secondary N) is 2. The predicted octanol–water partition coefficient (Wildman–Crippen LogP) is 2.71. The topological polar surface area (TPSA) is 41.1 Å². The lowest BCUT2D eigenvalue weighted by atomic mass is 9.49. The summed E-state index contributed by atoms with van der Waals surface area (Å²) >= 11 is 0. The maximum Gasteiger partial charge on any atom is 0.220 e. The predicted molar refractivity (Wildman–Crippen MR) is 81.4 cm³/mol. The van der Waals surface area contributed by atoms with E-state index in [-0.39, 0.29) is 0 Å². The molecule has 0 spiro atoms. The van der Waals surface area contributed by atoms with Crippen molar-refractivity contribution in [1.29, 1.82) is 0 Å². The second kappa shape index (κ2) is 6.05. The van der Waals surface area contributed by atoms with Crippen LogP contribution in [0, 0.1) is 23.2 Å². The Kier molecular flexibility index (Phi) is 4.34. The Morgan fingerprint density at radius 2 is 1.65 bits per heavy atom. The van der Waals surface area contributed by atoms with E-state index in [4.69, 9.17) is 0 Å². The van der Waals surface area contributed by atoms with Crippen molar-refractivity contribution in [2.75, 3.05) is 19.6 Å². The first kappa shape index (κ1) is 14.4. The van der Waals surface area contributed by atoms with Crippen LogP contribution in [0.5, 0.6) is 0 Å². The normalized spacial score (nSPS) is 38.1. The van der Waals surface area contributed by atoms with Crippen LogP contribution in [-0.4, -0.2) is 25.5 Å². The third-order valence-electron chi connectivity index (χ3n) is 5.80. The summed E-state index contributed by atoms with van der Waals surface area (Å²) in [7, 11) is 0. The standard InChI is InChI=1S/C17H30N2O/c1-2-18-4-3-5-19-16(20)12-17-9-13-6-14(10-17)8-15(7-13)11-17/h13-15,18H,2-12H2,1H3,(H,19,20). The van der Waals surface area contributed by atoms with Crippen molar-refractivity contribution in [1.82, 2.24) is 10.6 Å². The molecule has 0 atom stereocenters. The molecule has 4 bridgehead atoms. The van der Waals surface area contributed by atoms with E-state index in [1.807, 2.05) is 0 Å². The monoisotopic (exact) mass is 278 g/mol. The molecule has 0 aromatic heterocycles. The molecular weight excluding hydrogens is 248 g/mol. The molecule has 0 aromatic carbocycles. The molecule has 2 N–H and O–H groups in total. The lowest BCUT2D eigenvalue weighted by molar-refractivity contribution is -0.129. The number of carbonyl (C=O) groups is 1. The van der Waals surface area contributed by atoms with E-state index in [1.54, 1.807) is 0 Å². The average molecular weight is 278 g/mol. The third-order valence-corrected chi connectivity index (χ3v) is 5.80. The highest BCUT2D eigenvalue weighted by atomic mass is 16.1. The van der Waals surface area contributed by atoms with Gasteiger partial charge in [0.05, 0.1) is 0 Å². The van der Waals surface area contributed by atoms with Crippen molar-refractivity contribution >= 4 is 5.91 Å². The van der Waals surface area contributed by atoms with Crippen LogP contribution in [0.1, 0.15) is 58.3 Å². The van der Waals surface area contributed by atoms with E-state index in [2.05, 4.69) is 17.6 Å². The maximum absolute atomic E-state index is 12.2. The summed E-state index contributed by atoms with van der Waals surface area (Å²) in [4.78, 5) is 12.2. The van der Waals surface area contributed by atoms with Gasteiger partial charge in [0.15, 0.2) is 0 Å². The minimum atomic E-state index is 0.309. The van der Waals surface area contributed by atoms with Crippen molar-refractivity contribution in [3.05, 3.63) is 0 Å². The molecule has 0 unspecified atom stereocenters. The van der Waals surface area contributed by atoms with Gasteiger partial charge >= 0.3 is 0 Å². The Bertz CT molecular complexity index is 318. The Morgan fingerprint density at radius 3 is 2.20 bits per heavy atom. The van der Waals surface area contributed by atoms with E-state index >= 15 is 0 Å². The third kappa shape index (κ3) is 3.19. The van der Waals surface area contributed by atoms with Crippen LogP contribution in [0.2, 0.25) is 0 Å². The van der Waals surface area contributed by atoms with Gasteiger partial charge < -0.3 is 10.6 Å². The van der Waals surface area contributed by atoms with Gasteiger partial charge in [0.25, 0.3) is 0 Å². The summed E-state index contributed by atoms with van der Waals surface area (Å²) in [5, 5.41) is 6.43. The molecule has 3 heteroatoms. The molecule has 0 aromatic rings. The summed E-state index contributed by atoms with van der Waals surface area (Å²) < 4.78 is 0. The number of hydrogen-bond acceptors (Lipinski definition) is 2. The number of amides is 1. The van der Waals surface area contributed by atoms with E-state index < -0.39 is 0 Å². The van der Waals surface area contributed by atoms with E-state index in [9.17, 15) is 4.79 Å². The molecule has 4 saturated carbocycles. The van der Waals surface area contributed by atoms with Gasteiger partial charge in [0.1, 0.15) is 0 Å². The van der Waals surface area contributed by atoms with Crippen molar-refractivity contribution in [2.45, 2.75) is 58.3 Å². The van der Waals surface area contributed by atoms with Crippen molar-refractivity contribution in [3.63, 3.8) is 0 Å². The second-order valence-corrected chi connectivity index (χ2v) is 7.65. The van der Waals surface area contributed by atoms with Crippen LogP contribution in [0.15, 0.2) is 0 Å². The fourth-order valence-corrected chi connectivity index (χ4v) is 5.53. The Labute approximate surface area is 123 Å². The summed E-state index contributed by atoms with van der Waals surface area (Å²) in [6, 6.07) is 0. The first-order valence-electron chi connectivity index (χ1n) is 8.66. The second-order valence-electron chi connectivity index (χ2n) is 7.65. The average Bonchev–Trinajstić information content (AvgIpc) is 2.36. The minimum Gasteiger partial charge on any atom is -0.356 e. The van der Waals surface area contributed by atoms with Crippen LogP contribution in [0.3, 0.4) is 0 Å². The Balaban J connectivity index is 1.44. The van der Waals surface area contributed by atoms with Gasteiger partial charge in [-0.05, 0) is 81.2 Å². The molecule has 0 radical (unpaired) electrons. The zero-order chi connectivity index (χ0) is 14.0. The Hall–Kier alpha value is -0.570. The first-order chi connectivity index (χ1) is 9.69. The zero-order valence-electron chi connectivity index (χ0n) is 12.9. The van der Waals surface area contributed by atoms with Crippen molar-refractivity contribution in [3.8, 4) is 0 Å². The quantitative estimate of drug-likeness (QED) is 0.703. The smallest absolute Gasteiger partial charge is 0.220 e. The van der Waals surface area contributed by atoms with Crippen LogP contribution in [0.4, 0.5) is 0 Å². The highest BCUT2D eigenvalue weighted by Crippen LogP contribution is 2.61. The van der Waals surface area contributed by atoms with E-state index in [0.717, 1.165) is 50.2 Å². The summed E-state index contributed by atoms with van der Waals surface area (Å²) in [5.41, 5.74) is 0.389. The van der Waals surface area contributed by atoms with Gasteiger partial charge in [0, 0.05) is 13.0 Å². The molecule has 4 fully saturated rings. The number of carbonyl (C=O) groups excluding carboxylic acids is 1. The molecule has 4 aliphatic rings. The highest BCUT2D eigenvalue weighted by molar-refractivity contribution is 5.76. The number of rotatable bonds is 7. The summed E-state index contributed by atoms with van der Waals surface area (Å²) in [6.45, 7) is 4.97. The molecule has 4 rings (SSSR count). The molecule has 0 aliphatic heterocycles. The van der Waals surface area contributed by atoms with E-state index in [1.165, 1.54) is 38.5 Å². The maximum atomic E-state index is 12.2. The molecule has 1 amide bonds. The van der Waals surface area contributed by atoms with E-state index in [0.29, 0.717) is 11.3 Å². The summed E-state index contributed by atoms with van der Waals surface area (Å²) in [5.74, 6) is 3.15. The molecule has 3 nitrogen and oxygen atoms in total. The summed E-state index contributed by atoms with van der Waals surface area (Å²) in [6.07, 6.45) is 10.2. The molecule has 0 saturated heterocycles. The van der Waals surface area contributed by atoms with Crippen LogP contribution in [0.25, 0.3) is 0 Å². The Morgan fingerprint density at radius 1 is 1.05 bits per heavy atom. The largest absolute Gasteiger partial charge is 0.356 e. The van der Waals surface area contributed by atoms with Gasteiger partial charge in [-0.2, -0.15) is 0 Å². The highest BCUT2D eigenvalue weighted by Gasteiger charge is 2.51. The van der Waals surface area contributed by atoms with Gasteiger partial charge in [-0.1, -0.05) is 6.92 Å². The first-order valence-corrected chi connectivity index (χ1v) is 8.66. The van der Waals surface area contributed by atoms with Crippen molar-refractivity contribution in [2.24, 2.45) is 23.2 Å². The van der Waals surface area contributed by atoms with Crippen LogP contribution >= 0.6 is 0 Å². The molecule has 114 valence electrons. The molecule has 0 heterocycles. The van der Waals surface area contributed by atoms with Gasteiger partial charge in [0.2, 0.25) is 5.91 Å². The van der Waals surface area contributed by atoms with Gasteiger partial charge in [-0.15, -0.1) is 0 Å². The lowest BCUT2D eigenvalue weighted by Crippen LogP contribution is -2.48. The van der Waals surface area contributed by atoms with Gasteiger partial charge in [-0.3, -0.25) is 4.79 Å². The fourth-order valence-electron chi connectivity index (χ4n) is 5.53. The minimum absolute atomic E-state index is 0.309. The molecular formula is C17H30N2O. The van der Waals surface area contributed by atoms with Gasteiger partial charge in [-0.25, -0.2) is 0 Å². The molecule has 20 heavy (non-hydrogen) atoms.